The van der Waals surface area contributed by atoms with Crippen LogP contribution in [0, 0.1) is 0 Å². The third kappa shape index (κ3) is 4.26. The zero-order chi connectivity index (χ0) is 12.8. The maximum absolute atomic E-state index is 11.0. The van der Waals surface area contributed by atoms with Gasteiger partial charge in [0, 0.05) is 24.5 Å². The predicted octanol–water partition coefficient (Wildman–Crippen LogP) is 2.42. The Morgan fingerprint density at radius 3 is 2.82 bits per heavy atom. The molecule has 1 aromatic rings. The highest BCUT2D eigenvalue weighted by molar-refractivity contribution is 9.10. The second-order valence-corrected chi connectivity index (χ2v) is 4.72. The number of rotatable bonds is 5. The molecular formula is C12H17BrN2O2. The fourth-order valence-corrected chi connectivity index (χ4v) is 1.93. The summed E-state index contributed by atoms with van der Waals surface area (Å²) in [5, 5.41) is 0. The van der Waals surface area contributed by atoms with Crippen LogP contribution in [-0.4, -0.2) is 26.7 Å². The molecule has 0 aliphatic heterocycles. The van der Waals surface area contributed by atoms with E-state index in [4.69, 9.17) is 5.73 Å². The number of carbonyl (C=O) groups is 1. The summed E-state index contributed by atoms with van der Waals surface area (Å²) in [5.41, 5.74) is 7.61. The lowest BCUT2D eigenvalue weighted by molar-refractivity contribution is -0.140. The van der Waals surface area contributed by atoms with Crippen LogP contribution in [0.2, 0.25) is 0 Å². The number of carbonyl (C=O) groups excluding carboxylic acids is 1. The van der Waals surface area contributed by atoms with Gasteiger partial charge in [0.2, 0.25) is 0 Å². The van der Waals surface area contributed by atoms with Crippen molar-refractivity contribution in [1.29, 1.82) is 0 Å². The Bertz CT molecular complexity index is 396. The smallest absolute Gasteiger partial charge is 0.305 e. The van der Waals surface area contributed by atoms with Gasteiger partial charge in [-0.2, -0.15) is 0 Å². The van der Waals surface area contributed by atoms with Gasteiger partial charge in [-0.25, -0.2) is 0 Å². The molecule has 5 heteroatoms. The van der Waals surface area contributed by atoms with Crippen molar-refractivity contribution in [1.82, 2.24) is 0 Å². The zero-order valence-electron chi connectivity index (χ0n) is 10.1. The molecule has 94 valence electrons. The minimum atomic E-state index is -0.179. The SMILES string of the molecule is COC(=O)CCCN(C)c1ccc(Br)cc1N. The van der Waals surface area contributed by atoms with Crippen LogP contribution in [0.25, 0.3) is 0 Å². The molecule has 1 aromatic carbocycles. The lowest BCUT2D eigenvalue weighted by Gasteiger charge is -2.20. The molecule has 1 rings (SSSR count). The fourth-order valence-electron chi connectivity index (χ4n) is 1.56. The highest BCUT2D eigenvalue weighted by atomic mass is 79.9. The van der Waals surface area contributed by atoms with Crippen molar-refractivity contribution < 1.29 is 9.53 Å². The number of hydrogen-bond donors (Lipinski definition) is 1. The van der Waals surface area contributed by atoms with Crippen LogP contribution in [0.4, 0.5) is 11.4 Å². The maximum atomic E-state index is 11.0. The molecule has 0 radical (unpaired) electrons. The van der Waals surface area contributed by atoms with E-state index in [1.54, 1.807) is 0 Å². The minimum Gasteiger partial charge on any atom is -0.469 e. The van der Waals surface area contributed by atoms with E-state index in [0.29, 0.717) is 6.42 Å². The topological polar surface area (TPSA) is 55.6 Å². The van der Waals surface area contributed by atoms with Gasteiger partial charge in [0.1, 0.15) is 0 Å². The third-order valence-corrected chi connectivity index (χ3v) is 3.00. The molecule has 0 saturated heterocycles. The summed E-state index contributed by atoms with van der Waals surface area (Å²) in [7, 11) is 3.36. The predicted molar refractivity (Wildman–Crippen MR) is 73.1 cm³/mol. The Labute approximate surface area is 110 Å². The molecule has 0 heterocycles. The molecule has 2 N–H and O–H groups in total. The molecule has 0 fully saturated rings. The fraction of sp³-hybridized carbons (Fsp3) is 0.417. The monoisotopic (exact) mass is 300 g/mol. The van der Waals surface area contributed by atoms with Crippen LogP contribution in [-0.2, 0) is 9.53 Å². The second-order valence-electron chi connectivity index (χ2n) is 3.80. The first-order chi connectivity index (χ1) is 8.04. The molecule has 0 bridgehead atoms. The van der Waals surface area contributed by atoms with Crippen LogP contribution in [0.15, 0.2) is 22.7 Å². The van der Waals surface area contributed by atoms with Gasteiger partial charge in [0.25, 0.3) is 0 Å². The molecule has 0 atom stereocenters. The molecule has 0 amide bonds. The number of nitrogen functional groups attached to an aromatic ring is 1. The molecule has 17 heavy (non-hydrogen) atoms. The summed E-state index contributed by atoms with van der Waals surface area (Å²) in [6, 6.07) is 5.77. The van der Waals surface area contributed by atoms with E-state index in [-0.39, 0.29) is 5.97 Å². The molecule has 0 unspecified atom stereocenters. The quantitative estimate of drug-likeness (QED) is 0.670. The first-order valence-corrected chi connectivity index (χ1v) is 6.17. The van der Waals surface area contributed by atoms with Gasteiger partial charge in [-0.3, -0.25) is 4.79 Å². The molecule has 0 aliphatic carbocycles. The van der Waals surface area contributed by atoms with Gasteiger partial charge in [0.15, 0.2) is 0 Å². The summed E-state index contributed by atoms with van der Waals surface area (Å²) in [6.45, 7) is 0.765. The highest BCUT2D eigenvalue weighted by Gasteiger charge is 2.07. The molecule has 0 aromatic heterocycles. The minimum absolute atomic E-state index is 0.179. The average Bonchev–Trinajstić information content (AvgIpc) is 2.28. The van der Waals surface area contributed by atoms with Gasteiger partial charge < -0.3 is 15.4 Å². The van der Waals surface area contributed by atoms with E-state index in [1.165, 1.54) is 7.11 Å². The van der Waals surface area contributed by atoms with E-state index in [9.17, 15) is 4.79 Å². The van der Waals surface area contributed by atoms with Gasteiger partial charge in [-0.05, 0) is 24.6 Å². The van der Waals surface area contributed by atoms with Crippen LogP contribution in [0.1, 0.15) is 12.8 Å². The summed E-state index contributed by atoms with van der Waals surface area (Å²) in [5.74, 6) is -0.179. The molecule has 0 aliphatic rings. The molecule has 0 spiro atoms. The van der Waals surface area contributed by atoms with Crippen LogP contribution >= 0.6 is 15.9 Å². The number of anilines is 2. The summed E-state index contributed by atoms with van der Waals surface area (Å²) < 4.78 is 5.55. The number of hydrogen-bond acceptors (Lipinski definition) is 4. The Hall–Kier alpha value is -1.23. The van der Waals surface area contributed by atoms with Gasteiger partial charge in [-0.1, -0.05) is 15.9 Å². The average molecular weight is 301 g/mol. The van der Waals surface area contributed by atoms with Crippen molar-refractivity contribution in [2.45, 2.75) is 12.8 Å². The zero-order valence-corrected chi connectivity index (χ0v) is 11.7. The largest absolute Gasteiger partial charge is 0.469 e. The molecule has 4 nitrogen and oxygen atoms in total. The Morgan fingerprint density at radius 2 is 2.24 bits per heavy atom. The van der Waals surface area contributed by atoms with E-state index < -0.39 is 0 Å². The number of ether oxygens (including phenoxy) is 1. The van der Waals surface area contributed by atoms with Crippen molar-refractivity contribution in [3.63, 3.8) is 0 Å². The number of esters is 1. The molecular weight excluding hydrogens is 284 g/mol. The summed E-state index contributed by atoms with van der Waals surface area (Å²) >= 11 is 3.37. The van der Waals surface area contributed by atoms with E-state index in [0.717, 1.165) is 28.8 Å². The van der Waals surface area contributed by atoms with Crippen molar-refractivity contribution in [3.8, 4) is 0 Å². The Balaban J connectivity index is 2.52. The number of nitrogens with zero attached hydrogens (tertiary/aromatic N) is 1. The van der Waals surface area contributed by atoms with E-state index >= 15 is 0 Å². The maximum Gasteiger partial charge on any atom is 0.305 e. The first-order valence-electron chi connectivity index (χ1n) is 5.37. The lowest BCUT2D eigenvalue weighted by atomic mass is 10.2. The summed E-state index contributed by atoms with van der Waals surface area (Å²) in [6.07, 6.45) is 1.18. The van der Waals surface area contributed by atoms with Gasteiger partial charge in [0.05, 0.1) is 18.5 Å². The number of benzene rings is 1. The second kappa shape index (κ2) is 6.49. The number of nitrogens with two attached hydrogens (primary N) is 1. The first kappa shape index (κ1) is 13.8. The van der Waals surface area contributed by atoms with Gasteiger partial charge in [-0.15, -0.1) is 0 Å². The summed E-state index contributed by atoms with van der Waals surface area (Å²) in [4.78, 5) is 13.0. The standard InChI is InChI=1S/C12H17BrN2O2/c1-15(7-3-4-12(16)17-2)11-6-5-9(13)8-10(11)14/h5-6,8H,3-4,7,14H2,1-2H3. The normalized spacial score (nSPS) is 10.1. The van der Waals surface area contributed by atoms with Gasteiger partial charge >= 0.3 is 5.97 Å². The lowest BCUT2D eigenvalue weighted by Crippen LogP contribution is -2.20. The van der Waals surface area contributed by atoms with Crippen molar-refractivity contribution in [3.05, 3.63) is 22.7 Å². The van der Waals surface area contributed by atoms with Crippen molar-refractivity contribution in [2.24, 2.45) is 0 Å². The van der Waals surface area contributed by atoms with Crippen LogP contribution in [0.3, 0.4) is 0 Å². The number of methoxy groups -OCH3 is 1. The Kier molecular flexibility index (Phi) is 5.28. The van der Waals surface area contributed by atoms with Crippen molar-refractivity contribution >= 4 is 33.3 Å². The van der Waals surface area contributed by atoms with E-state index in [1.807, 2.05) is 30.1 Å². The molecule has 0 saturated carbocycles. The van der Waals surface area contributed by atoms with E-state index in [2.05, 4.69) is 20.7 Å². The number of halogens is 1. The van der Waals surface area contributed by atoms with Crippen LogP contribution < -0.4 is 10.6 Å². The van der Waals surface area contributed by atoms with Crippen molar-refractivity contribution in [2.75, 3.05) is 31.3 Å². The highest BCUT2D eigenvalue weighted by Crippen LogP contribution is 2.25. The Morgan fingerprint density at radius 1 is 1.53 bits per heavy atom. The van der Waals surface area contributed by atoms with Crippen LogP contribution in [0.5, 0.6) is 0 Å². The third-order valence-electron chi connectivity index (χ3n) is 2.50.